The maximum absolute atomic E-state index is 13.2. The van der Waals surface area contributed by atoms with Gasteiger partial charge in [0.1, 0.15) is 12.4 Å². The number of ether oxygens (including phenoxy) is 2. The number of rotatable bonds is 6. The molecule has 0 aliphatic heterocycles. The van der Waals surface area contributed by atoms with Gasteiger partial charge in [0.25, 0.3) is 0 Å². The Kier molecular flexibility index (Phi) is 6.29. The van der Waals surface area contributed by atoms with Gasteiger partial charge in [0.15, 0.2) is 5.82 Å². The van der Waals surface area contributed by atoms with Crippen LogP contribution in [0.25, 0.3) is 16.7 Å². The molecule has 33 heavy (non-hydrogen) atoms. The molecule has 0 unspecified atom stereocenters. The number of esters is 1. The van der Waals surface area contributed by atoms with Crippen LogP contribution >= 0.6 is 11.6 Å². The minimum atomic E-state index is -4.50. The predicted octanol–water partition coefficient (Wildman–Crippen LogP) is 6.45. The third-order valence-corrected chi connectivity index (χ3v) is 5.10. The molecule has 4 aromatic rings. The van der Waals surface area contributed by atoms with Crippen molar-refractivity contribution in [3.05, 3.63) is 88.7 Å². The number of carbonyl (C=O) groups is 1. The van der Waals surface area contributed by atoms with E-state index < -0.39 is 17.7 Å². The highest BCUT2D eigenvalue weighted by molar-refractivity contribution is 6.30. The van der Waals surface area contributed by atoms with Crippen molar-refractivity contribution in [2.24, 2.45) is 0 Å². The number of benzene rings is 3. The van der Waals surface area contributed by atoms with Crippen molar-refractivity contribution >= 4 is 28.6 Å². The Hall–Kier alpha value is -3.52. The molecule has 0 bridgehead atoms. The second-order valence-corrected chi connectivity index (χ2v) is 7.51. The molecule has 0 spiro atoms. The minimum absolute atomic E-state index is 0.0265. The Balaban J connectivity index is 1.80. The van der Waals surface area contributed by atoms with Gasteiger partial charge in [-0.25, -0.2) is 9.78 Å². The van der Waals surface area contributed by atoms with Crippen LogP contribution in [-0.4, -0.2) is 22.1 Å². The zero-order valence-electron chi connectivity index (χ0n) is 17.4. The van der Waals surface area contributed by atoms with Crippen molar-refractivity contribution in [3.8, 4) is 11.4 Å². The standard InChI is InChI=1S/C24H18ClF3N2O3/c1-2-32-23(31)15-4-3-5-18(12-15)30-21-11-6-16(24(26,27)28)13-20(21)29-22(30)14-33-19-9-7-17(25)8-10-19/h3-13H,2,14H2,1H3. The van der Waals surface area contributed by atoms with Gasteiger partial charge >= 0.3 is 12.1 Å². The molecule has 9 heteroatoms. The Bertz CT molecular complexity index is 1300. The summed E-state index contributed by atoms with van der Waals surface area (Å²) in [5, 5.41) is 0.546. The van der Waals surface area contributed by atoms with Gasteiger partial charge in [0, 0.05) is 10.7 Å². The van der Waals surface area contributed by atoms with Crippen LogP contribution in [0.5, 0.6) is 5.75 Å². The molecular weight excluding hydrogens is 457 g/mol. The first-order chi connectivity index (χ1) is 15.8. The average Bonchev–Trinajstić information content (AvgIpc) is 3.16. The summed E-state index contributed by atoms with van der Waals surface area (Å²) in [6.07, 6.45) is -4.50. The molecule has 5 nitrogen and oxygen atoms in total. The van der Waals surface area contributed by atoms with Gasteiger partial charge < -0.3 is 9.47 Å². The molecule has 0 aliphatic carbocycles. The topological polar surface area (TPSA) is 53.4 Å². The van der Waals surface area contributed by atoms with Crippen molar-refractivity contribution in [2.45, 2.75) is 19.7 Å². The fourth-order valence-electron chi connectivity index (χ4n) is 3.36. The van der Waals surface area contributed by atoms with Crippen molar-refractivity contribution < 1.29 is 27.4 Å². The zero-order chi connectivity index (χ0) is 23.6. The number of fused-ring (bicyclic) bond motifs is 1. The van der Waals surface area contributed by atoms with Crippen LogP contribution in [-0.2, 0) is 17.5 Å². The predicted molar refractivity (Wildman–Crippen MR) is 118 cm³/mol. The first-order valence-electron chi connectivity index (χ1n) is 10.0. The molecule has 0 amide bonds. The number of alkyl halides is 3. The van der Waals surface area contributed by atoms with Gasteiger partial charge in [-0.05, 0) is 67.6 Å². The smallest absolute Gasteiger partial charge is 0.416 e. The van der Waals surface area contributed by atoms with E-state index in [-0.39, 0.29) is 18.7 Å². The third-order valence-electron chi connectivity index (χ3n) is 4.85. The number of halogens is 4. The molecule has 4 rings (SSSR count). The first-order valence-corrected chi connectivity index (χ1v) is 10.4. The van der Waals surface area contributed by atoms with E-state index in [0.717, 1.165) is 12.1 Å². The van der Waals surface area contributed by atoms with Crippen LogP contribution in [0.4, 0.5) is 13.2 Å². The Morgan fingerprint density at radius 3 is 2.52 bits per heavy atom. The van der Waals surface area contributed by atoms with Gasteiger partial charge in [-0.1, -0.05) is 17.7 Å². The fraction of sp³-hybridized carbons (Fsp3) is 0.167. The van der Waals surface area contributed by atoms with E-state index in [9.17, 15) is 18.0 Å². The second-order valence-electron chi connectivity index (χ2n) is 7.08. The second kappa shape index (κ2) is 9.15. The molecule has 1 heterocycles. The molecule has 0 saturated heterocycles. The van der Waals surface area contributed by atoms with Crippen LogP contribution in [0, 0.1) is 0 Å². The molecule has 0 fully saturated rings. The van der Waals surface area contributed by atoms with Gasteiger partial charge in [0.2, 0.25) is 0 Å². The maximum atomic E-state index is 13.2. The number of carbonyl (C=O) groups excluding carboxylic acids is 1. The SMILES string of the molecule is CCOC(=O)c1cccc(-n2c(COc3ccc(Cl)cc3)nc3cc(C(F)(F)F)ccc32)c1. The number of hydrogen-bond donors (Lipinski definition) is 0. The molecule has 0 saturated carbocycles. The molecule has 3 aromatic carbocycles. The maximum Gasteiger partial charge on any atom is 0.416 e. The largest absolute Gasteiger partial charge is 0.486 e. The number of aromatic nitrogens is 2. The summed E-state index contributed by atoms with van der Waals surface area (Å²) in [4.78, 5) is 16.6. The summed E-state index contributed by atoms with van der Waals surface area (Å²) in [6.45, 7) is 1.90. The lowest BCUT2D eigenvalue weighted by molar-refractivity contribution is -0.137. The van der Waals surface area contributed by atoms with E-state index in [1.807, 2.05) is 0 Å². The zero-order valence-corrected chi connectivity index (χ0v) is 18.2. The van der Waals surface area contributed by atoms with Crippen molar-refractivity contribution in [2.75, 3.05) is 6.61 Å². The molecule has 170 valence electrons. The summed E-state index contributed by atoms with van der Waals surface area (Å²) >= 11 is 5.90. The summed E-state index contributed by atoms with van der Waals surface area (Å²) in [7, 11) is 0. The monoisotopic (exact) mass is 474 g/mol. The van der Waals surface area contributed by atoms with E-state index >= 15 is 0 Å². The highest BCUT2D eigenvalue weighted by Crippen LogP contribution is 2.33. The van der Waals surface area contributed by atoms with Crippen LogP contribution in [0.15, 0.2) is 66.7 Å². The molecule has 0 aliphatic rings. The third kappa shape index (κ3) is 4.96. The summed E-state index contributed by atoms with van der Waals surface area (Å²) < 4.78 is 52.2. The van der Waals surface area contributed by atoms with E-state index in [2.05, 4.69) is 4.98 Å². The van der Waals surface area contributed by atoms with Crippen molar-refractivity contribution in [1.82, 2.24) is 9.55 Å². The lowest BCUT2D eigenvalue weighted by Crippen LogP contribution is -2.08. The van der Waals surface area contributed by atoms with Crippen molar-refractivity contribution in [1.29, 1.82) is 0 Å². The minimum Gasteiger partial charge on any atom is -0.486 e. The van der Waals surface area contributed by atoms with E-state index in [1.165, 1.54) is 6.07 Å². The molecular formula is C24H18ClF3N2O3. The summed E-state index contributed by atoms with van der Waals surface area (Å²) in [5.74, 6) is 0.386. The van der Waals surface area contributed by atoms with Crippen LogP contribution in [0.3, 0.4) is 0 Å². The summed E-state index contributed by atoms with van der Waals surface area (Å²) in [6, 6.07) is 16.6. The fourth-order valence-corrected chi connectivity index (χ4v) is 3.48. The van der Waals surface area contributed by atoms with E-state index in [4.69, 9.17) is 21.1 Å². The van der Waals surface area contributed by atoms with Gasteiger partial charge in [-0.2, -0.15) is 13.2 Å². The Labute approximate surface area is 192 Å². The Morgan fingerprint density at radius 2 is 1.82 bits per heavy atom. The van der Waals surface area contributed by atoms with E-state index in [1.54, 1.807) is 60.0 Å². The lowest BCUT2D eigenvalue weighted by Gasteiger charge is -2.12. The highest BCUT2D eigenvalue weighted by Gasteiger charge is 2.31. The lowest BCUT2D eigenvalue weighted by atomic mass is 10.1. The molecule has 1 aromatic heterocycles. The van der Waals surface area contributed by atoms with Crippen LogP contribution in [0.2, 0.25) is 5.02 Å². The van der Waals surface area contributed by atoms with E-state index in [0.29, 0.717) is 33.4 Å². The number of hydrogen-bond acceptors (Lipinski definition) is 4. The highest BCUT2D eigenvalue weighted by atomic mass is 35.5. The van der Waals surface area contributed by atoms with Gasteiger partial charge in [-0.15, -0.1) is 0 Å². The first kappa shape index (κ1) is 22.7. The van der Waals surface area contributed by atoms with Gasteiger partial charge in [-0.3, -0.25) is 4.57 Å². The van der Waals surface area contributed by atoms with Crippen molar-refractivity contribution in [3.63, 3.8) is 0 Å². The Morgan fingerprint density at radius 1 is 1.06 bits per heavy atom. The average molecular weight is 475 g/mol. The normalized spacial score (nSPS) is 11.5. The van der Waals surface area contributed by atoms with Crippen LogP contribution in [0.1, 0.15) is 28.7 Å². The summed E-state index contributed by atoms with van der Waals surface area (Å²) in [5.41, 5.74) is 0.648. The quantitative estimate of drug-likeness (QED) is 0.301. The number of imidazole rings is 1. The van der Waals surface area contributed by atoms with Gasteiger partial charge in [0.05, 0.1) is 28.8 Å². The number of nitrogens with zero attached hydrogens (tertiary/aromatic N) is 2. The molecule has 0 radical (unpaired) electrons. The molecule has 0 atom stereocenters. The molecule has 0 N–H and O–H groups in total. The van der Waals surface area contributed by atoms with Crippen LogP contribution < -0.4 is 4.74 Å².